The zero-order chi connectivity index (χ0) is 14.9. The zero-order valence-corrected chi connectivity index (χ0v) is 10.9. The molecular weight excluding hydrogens is 299 g/mol. The number of aromatic nitrogens is 4. The largest absolute Gasteiger partial charge is 0.408 e. The number of nitrogens with zero attached hydrogens (tertiary/aromatic N) is 4. The van der Waals surface area contributed by atoms with E-state index in [9.17, 15) is 18.0 Å². The van der Waals surface area contributed by atoms with Gasteiger partial charge in [-0.15, -0.1) is 0 Å². The van der Waals surface area contributed by atoms with Crippen molar-refractivity contribution in [1.29, 1.82) is 0 Å². The fraction of sp³-hybridized carbons (Fsp3) is 0.300. The first-order valence-corrected chi connectivity index (χ1v) is 5.73. The van der Waals surface area contributed by atoms with E-state index in [4.69, 9.17) is 11.6 Å². The van der Waals surface area contributed by atoms with Crippen molar-refractivity contribution in [3.05, 3.63) is 29.2 Å². The van der Waals surface area contributed by atoms with Gasteiger partial charge in [-0.1, -0.05) is 11.6 Å². The van der Waals surface area contributed by atoms with Crippen LogP contribution in [0.3, 0.4) is 0 Å². The van der Waals surface area contributed by atoms with E-state index in [1.54, 1.807) is 7.05 Å². The highest BCUT2D eigenvalue weighted by Crippen LogP contribution is 2.20. The van der Waals surface area contributed by atoms with Crippen LogP contribution in [0.15, 0.2) is 18.5 Å². The number of anilines is 1. The Morgan fingerprint density at radius 1 is 1.45 bits per heavy atom. The second-order valence-electron chi connectivity index (χ2n) is 3.97. The molecule has 2 aromatic rings. The van der Waals surface area contributed by atoms with Crippen LogP contribution < -0.4 is 5.32 Å². The van der Waals surface area contributed by atoms with Crippen LogP contribution >= 0.6 is 11.6 Å². The maximum atomic E-state index is 12.2. The molecule has 0 radical (unpaired) electrons. The van der Waals surface area contributed by atoms with Crippen LogP contribution in [0, 0.1) is 0 Å². The summed E-state index contributed by atoms with van der Waals surface area (Å²) in [7, 11) is 1.61. The van der Waals surface area contributed by atoms with Gasteiger partial charge in [0.25, 0.3) is 5.91 Å². The molecule has 0 unspecified atom stereocenters. The van der Waals surface area contributed by atoms with E-state index in [2.05, 4.69) is 15.5 Å². The number of rotatable bonds is 3. The Balaban J connectivity index is 2.08. The summed E-state index contributed by atoms with van der Waals surface area (Å²) in [4.78, 5) is 11.8. The van der Waals surface area contributed by atoms with Crippen LogP contribution in [0.2, 0.25) is 5.02 Å². The Hall–Kier alpha value is -2.03. The highest BCUT2D eigenvalue weighted by Gasteiger charge is 2.28. The first kappa shape index (κ1) is 14.4. The van der Waals surface area contributed by atoms with Crippen LogP contribution in [0.1, 0.15) is 10.5 Å². The van der Waals surface area contributed by atoms with E-state index in [-0.39, 0.29) is 16.5 Å². The summed E-state index contributed by atoms with van der Waals surface area (Å²) in [6.07, 6.45) is -1.86. The van der Waals surface area contributed by atoms with Gasteiger partial charge in [0.15, 0.2) is 11.5 Å². The Kier molecular flexibility index (Phi) is 3.71. The molecule has 108 valence electrons. The van der Waals surface area contributed by atoms with Gasteiger partial charge in [-0.05, 0) is 6.07 Å². The Morgan fingerprint density at radius 3 is 2.70 bits per heavy atom. The second-order valence-corrected chi connectivity index (χ2v) is 4.37. The van der Waals surface area contributed by atoms with Crippen molar-refractivity contribution in [3.63, 3.8) is 0 Å². The van der Waals surface area contributed by atoms with E-state index in [0.29, 0.717) is 4.68 Å². The van der Waals surface area contributed by atoms with Crippen molar-refractivity contribution in [2.45, 2.75) is 12.7 Å². The molecule has 0 atom stereocenters. The van der Waals surface area contributed by atoms with E-state index < -0.39 is 18.6 Å². The summed E-state index contributed by atoms with van der Waals surface area (Å²) in [5, 5.41) is 10.00. The van der Waals surface area contributed by atoms with Crippen LogP contribution in [-0.2, 0) is 13.6 Å². The summed E-state index contributed by atoms with van der Waals surface area (Å²) in [5.41, 5.74) is -0.157. The maximum Gasteiger partial charge on any atom is 0.408 e. The highest BCUT2D eigenvalue weighted by atomic mass is 35.5. The molecule has 0 saturated carbocycles. The lowest BCUT2D eigenvalue weighted by Gasteiger charge is -2.05. The first-order valence-electron chi connectivity index (χ1n) is 5.35. The molecule has 0 aliphatic carbocycles. The normalized spacial score (nSPS) is 11.7. The van der Waals surface area contributed by atoms with Crippen molar-refractivity contribution in [2.24, 2.45) is 7.05 Å². The summed E-state index contributed by atoms with van der Waals surface area (Å²) in [5.74, 6) is -0.573. The molecule has 6 nitrogen and oxygen atoms in total. The lowest BCUT2D eigenvalue weighted by molar-refractivity contribution is -0.142. The van der Waals surface area contributed by atoms with Crippen molar-refractivity contribution in [3.8, 4) is 0 Å². The fourth-order valence-electron chi connectivity index (χ4n) is 1.47. The number of hydrogen-bond acceptors (Lipinski definition) is 3. The van der Waals surface area contributed by atoms with E-state index in [1.807, 2.05) is 0 Å². The summed E-state index contributed by atoms with van der Waals surface area (Å²) < 4.78 is 38.5. The number of halogens is 4. The quantitative estimate of drug-likeness (QED) is 0.944. The predicted octanol–water partition coefficient (Wildman–Crippen LogP) is 2.08. The molecule has 20 heavy (non-hydrogen) atoms. The van der Waals surface area contributed by atoms with Crippen LogP contribution in [0.25, 0.3) is 0 Å². The van der Waals surface area contributed by atoms with Gasteiger partial charge in [0.1, 0.15) is 11.6 Å². The maximum absolute atomic E-state index is 12.2. The molecule has 10 heteroatoms. The molecule has 2 heterocycles. The molecule has 0 bridgehead atoms. The number of alkyl halides is 3. The number of amides is 1. The van der Waals surface area contributed by atoms with Gasteiger partial charge in [-0.2, -0.15) is 23.4 Å². The van der Waals surface area contributed by atoms with Crippen molar-refractivity contribution in [1.82, 2.24) is 19.6 Å². The lowest BCUT2D eigenvalue weighted by atomic mass is 10.4. The molecule has 0 spiro atoms. The standard InChI is InChI=1S/C10H9ClF3N5O/c1-18-4-6(11)8(17-18)15-9(20)7-2-3-19(16-7)5-10(12,13)14/h2-4H,5H2,1H3,(H,15,17,20). The number of nitrogens with one attached hydrogen (secondary N) is 1. The molecule has 1 amide bonds. The summed E-state index contributed by atoms with van der Waals surface area (Å²) in [6, 6.07) is 1.18. The number of hydrogen-bond donors (Lipinski definition) is 1. The van der Waals surface area contributed by atoms with Gasteiger partial charge >= 0.3 is 6.18 Å². The molecule has 0 aromatic carbocycles. The number of aryl methyl sites for hydroxylation is 1. The van der Waals surface area contributed by atoms with Gasteiger partial charge in [-0.3, -0.25) is 14.2 Å². The first-order chi connectivity index (χ1) is 9.24. The minimum atomic E-state index is -4.40. The molecule has 0 aliphatic rings. The third-order valence-corrected chi connectivity index (χ3v) is 2.51. The average molecular weight is 308 g/mol. The lowest BCUT2D eigenvalue weighted by Crippen LogP contribution is -2.19. The SMILES string of the molecule is Cn1cc(Cl)c(NC(=O)c2ccn(CC(F)(F)F)n2)n1. The van der Waals surface area contributed by atoms with Gasteiger partial charge in [0.2, 0.25) is 0 Å². The van der Waals surface area contributed by atoms with Crippen LogP contribution in [0.4, 0.5) is 19.0 Å². The summed E-state index contributed by atoms with van der Waals surface area (Å²) >= 11 is 5.80. The van der Waals surface area contributed by atoms with E-state index in [0.717, 1.165) is 6.20 Å². The molecule has 2 aromatic heterocycles. The highest BCUT2D eigenvalue weighted by molar-refractivity contribution is 6.33. The van der Waals surface area contributed by atoms with Gasteiger partial charge < -0.3 is 5.32 Å². The third-order valence-electron chi connectivity index (χ3n) is 2.23. The molecule has 0 aliphatic heterocycles. The van der Waals surface area contributed by atoms with Gasteiger partial charge in [0, 0.05) is 19.4 Å². The topological polar surface area (TPSA) is 64.7 Å². The predicted molar refractivity (Wildman–Crippen MR) is 64.5 cm³/mol. The average Bonchev–Trinajstić information content (AvgIpc) is 2.84. The minimum Gasteiger partial charge on any atom is -0.302 e. The fourth-order valence-corrected chi connectivity index (χ4v) is 1.70. The molecule has 0 saturated heterocycles. The molecule has 1 N–H and O–H groups in total. The summed E-state index contributed by atoms with van der Waals surface area (Å²) in [6.45, 7) is -1.26. The molecule has 2 rings (SSSR count). The Labute approximate surface area is 116 Å². The van der Waals surface area contributed by atoms with Crippen molar-refractivity contribution < 1.29 is 18.0 Å². The third kappa shape index (κ3) is 3.50. The van der Waals surface area contributed by atoms with Gasteiger partial charge in [0.05, 0.1) is 0 Å². The van der Waals surface area contributed by atoms with Crippen molar-refractivity contribution >= 4 is 23.3 Å². The zero-order valence-electron chi connectivity index (χ0n) is 10.1. The molecular formula is C10H9ClF3N5O. The Bertz CT molecular complexity index is 633. The monoisotopic (exact) mass is 307 g/mol. The Morgan fingerprint density at radius 2 is 2.15 bits per heavy atom. The number of carbonyl (C=O) groups is 1. The number of carbonyl (C=O) groups excluding carboxylic acids is 1. The smallest absolute Gasteiger partial charge is 0.302 e. The molecule has 0 fully saturated rings. The second kappa shape index (κ2) is 5.16. The van der Waals surface area contributed by atoms with Crippen LogP contribution in [0.5, 0.6) is 0 Å². The van der Waals surface area contributed by atoms with E-state index in [1.165, 1.54) is 16.9 Å². The van der Waals surface area contributed by atoms with E-state index >= 15 is 0 Å². The minimum absolute atomic E-state index is 0.115. The van der Waals surface area contributed by atoms with Gasteiger partial charge in [-0.25, -0.2) is 0 Å². The van der Waals surface area contributed by atoms with Crippen molar-refractivity contribution in [2.75, 3.05) is 5.32 Å². The van der Waals surface area contributed by atoms with Crippen LogP contribution in [-0.4, -0.2) is 31.6 Å².